The highest BCUT2D eigenvalue weighted by atomic mass is 19.4. The zero-order valence-electron chi connectivity index (χ0n) is 21.5. The van der Waals surface area contributed by atoms with Gasteiger partial charge in [0.05, 0.1) is 17.8 Å². The molecule has 2 rings (SSSR count). The van der Waals surface area contributed by atoms with Crippen LogP contribution in [0.4, 0.5) is 13.2 Å². The van der Waals surface area contributed by atoms with Crippen molar-refractivity contribution in [3.8, 4) is 5.75 Å². The van der Waals surface area contributed by atoms with Gasteiger partial charge in [-0.25, -0.2) is 0 Å². The van der Waals surface area contributed by atoms with Crippen molar-refractivity contribution in [1.82, 2.24) is 5.32 Å². The zero-order valence-corrected chi connectivity index (χ0v) is 21.5. The van der Waals surface area contributed by atoms with Gasteiger partial charge in [-0.2, -0.15) is 13.2 Å². The highest BCUT2D eigenvalue weighted by Gasteiger charge is 2.39. The fraction of sp³-hybridized carbons (Fsp3) is 0.577. The Bertz CT molecular complexity index is 988. The van der Waals surface area contributed by atoms with Crippen molar-refractivity contribution < 1.29 is 47.9 Å². The summed E-state index contributed by atoms with van der Waals surface area (Å²) in [5.41, 5.74) is -0.859. The van der Waals surface area contributed by atoms with Crippen molar-refractivity contribution in [2.45, 2.75) is 69.6 Å². The number of rotatable bonds is 15. The van der Waals surface area contributed by atoms with Gasteiger partial charge >= 0.3 is 6.18 Å². The topological polar surface area (TPSA) is 151 Å². The van der Waals surface area contributed by atoms with Crippen LogP contribution in [0.1, 0.15) is 44.6 Å². The van der Waals surface area contributed by atoms with Gasteiger partial charge in [0.1, 0.15) is 24.6 Å². The Morgan fingerprint density at radius 3 is 2.72 bits per heavy atom. The van der Waals surface area contributed by atoms with Crippen LogP contribution < -0.4 is 10.1 Å². The molecule has 1 aliphatic carbocycles. The van der Waals surface area contributed by atoms with Gasteiger partial charge in [-0.1, -0.05) is 30.4 Å². The van der Waals surface area contributed by atoms with Crippen LogP contribution in [0, 0.1) is 22.0 Å². The molecule has 4 N–H and O–H groups in total. The minimum Gasteiger partial charge on any atom is -0.491 e. The third-order valence-electron chi connectivity index (χ3n) is 6.26. The molecule has 1 saturated carbocycles. The summed E-state index contributed by atoms with van der Waals surface area (Å²) in [5.74, 6) is -1.04. The van der Waals surface area contributed by atoms with Gasteiger partial charge in [-0.05, 0) is 50.3 Å². The number of allylic oxidation sites excluding steroid dienone is 2. The molecule has 0 radical (unpaired) electrons. The number of aliphatic hydroxyl groups is 3. The summed E-state index contributed by atoms with van der Waals surface area (Å²) in [6, 6.07) is 4.33. The predicted molar refractivity (Wildman–Crippen MR) is 134 cm³/mol. The summed E-state index contributed by atoms with van der Waals surface area (Å²) in [5, 5.41) is 42.8. The SMILES string of the molecule is CC(CNC(=O)CCC/C=C\C[C@@H]1[C@@H](/C=C/[C@@H](O)COc2cccc(C(F)(F)F)c2)[C@H](O)C[C@@H]1O)O[N+](=O)[O-]. The zero-order chi connectivity index (χ0) is 29.0. The number of ether oxygens (including phenoxy) is 1. The fourth-order valence-corrected chi connectivity index (χ4v) is 4.24. The Balaban J connectivity index is 1.76. The molecule has 0 aromatic heterocycles. The summed E-state index contributed by atoms with van der Waals surface area (Å²) < 4.78 is 43.8. The van der Waals surface area contributed by atoms with Crippen LogP contribution >= 0.6 is 0 Å². The number of benzene rings is 1. The van der Waals surface area contributed by atoms with E-state index in [1.54, 1.807) is 6.08 Å². The number of carbonyl (C=O) groups is 1. The van der Waals surface area contributed by atoms with Gasteiger partial charge < -0.3 is 30.2 Å². The van der Waals surface area contributed by atoms with Gasteiger partial charge in [-0.15, -0.1) is 10.1 Å². The van der Waals surface area contributed by atoms with E-state index in [4.69, 9.17) is 4.74 Å². The van der Waals surface area contributed by atoms with Crippen molar-refractivity contribution in [1.29, 1.82) is 0 Å². The van der Waals surface area contributed by atoms with Crippen LogP contribution in [0.2, 0.25) is 0 Å². The molecule has 0 saturated heterocycles. The number of amides is 1. The lowest BCUT2D eigenvalue weighted by atomic mass is 9.89. The molecule has 1 unspecified atom stereocenters. The lowest BCUT2D eigenvalue weighted by molar-refractivity contribution is -0.767. The van der Waals surface area contributed by atoms with E-state index in [1.165, 1.54) is 25.1 Å². The molecule has 1 aromatic carbocycles. The summed E-state index contributed by atoms with van der Waals surface area (Å²) in [6.45, 7) is 1.21. The lowest BCUT2D eigenvalue weighted by Crippen LogP contribution is -2.32. The van der Waals surface area contributed by atoms with Crippen LogP contribution in [0.25, 0.3) is 0 Å². The van der Waals surface area contributed by atoms with Crippen molar-refractivity contribution in [3.05, 3.63) is 64.2 Å². The number of hydrogen-bond donors (Lipinski definition) is 4. The number of hydrogen-bond acceptors (Lipinski definition) is 8. The molecule has 0 aliphatic heterocycles. The van der Waals surface area contributed by atoms with Gasteiger partial charge in [0.2, 0.25) is 5.91 Å². The van der Waals surface area contributed by atoms with Crippen molar-refractivity contribution >= 4 is 5.91 Å². The number of carbonyl (C=O) groups excluding carboxylic acids is 1. The van der Waals surface area contributed by atoms with Crippen LogP contribution in [0.3, 0.4) is 0 Å². The minimum absolute atomic E-state index is 0.0263. The smallest absolute Gasteiger partial charge is 0.416 e. The van der Waals surface area contributed by atoms with E-state index in [2.05, 4.69) is 10.2 Å². The molecule has 6 atom stereocenters. The molecule has 1 aromatic rings. The second-order valence-corrected chi connectivity index (χ2v) is 9.44. The number of nitrogens with zero attached hydrogens (tertiary/aromatic N) is 1. The number of alkyl halides is 3. The van der Waals surface area contributed by atoms with Crippen LogP contribution in [0.15, 0.2) is 48.6 Å². The molecule has 1 aliphatic rings. The highest BCUT2D eigenvalue weighted by Crippen LogP contribution is 2.36. The van der Waals surface area contributed by atoms with E-state index in [0.29, 0.717) is 19.3 Å². The Morgan fingerprint density at radius 2 is 2.03 bits per heavy atom. The second kappa shape index (κ2) is 15.4. The molecule has 0 bridgehead atoms. The minimum atomic E-state index is -4.51. The lowest BCUT2D eigenvalue weighted by Gasteiger charge is -2.19. The Morgan fingerprint density at radius 1 is 1.28 bits per heavy atom. The molecule has 13 heteroatoms. The molecule has 10 nitrogen and oxygen atoms in total. The molecule has 39 heavy (non-hydrogen) atoms. The standard InChI is InChI=1S/C26H35F3N2O8/c1-17(39-31(36)37)15-30-25(35)10-5-3-2-4-9-21-22(24(34)14-23(21)33)12-11-19(32)16-38-20-8-6-7-18(13-20)26(27,28)29/h2,4,6-8,11-13,17,19,21-24,32-34H,3,5,9-10,14-16H2,1H3,(H,30,35)/b4-2-,12-11+/t17?,19-,21-,22-,23+,24-/m1/s1. The third-order valence-corrected chi connectivity index (χ3v) is 6.26. The molecule has 218 valence electrons. The van der Waals surface area contributed by atoms with Gasteiger partial charge in [-0.3, -0.25) is 4.79 Å². The fourth-order valence-electron chi connectivity index (χ4n) is 4.24. The van der Waals surface area contributed by atoms with Crippen LogP contribution in [0.5, 0.6) is 5.75 Å². The molecular formula is C26H35F3N2O8. The maximum Gasteiger partial charge on any atom is 0.416 e. The number of nitrogens with one attached hydrogen (secondary N) is 1. The molecule has 0 spiro atoms. The second-order valence-electron chi connectivity index (χ2n) is 9.44. The average molecular weight is 561 g/mol. The Hall–Kier alpha value is -3.16. The normalized spacial score (nSPS) is 23.2. The summed E-state index contributed by atoms with van der Waals surface area (Å²) >= 11 is 0. The van der Waals surface area contributed by atoms with Gasteiger partial charge in [0, 0.05) is 25.3 Å². The van der Waals surface area contributed by atoms with E-state index in [1.807, 2.05) is 12.2 Å². The van der Waals surface area contributed by atoms with Crippen LogP contribution in [-0.2, 0) is 15.8 Å². The average Bonchev–Trinajstić information content (AvgIpc) is 3.13. The van der Waals surface area contributed by atoms with Crippen LogP contribution in [-0.4, -0.2) is 63.9 Å². The monoisotopic (exact) mass is 560 g/mol. The highest BCUT2D eigenvalue weighted by molar-refractivity contribution is 5.75. The largest absolute Gasteiger partial charge is 0.491 e. The van der Waals surface area contributed by atoms with E-state index < -0.39 is 47.2 Å². The first-order valence-corrected chi connectivity index (χ1v) is 12.6. The van der Waals surface area contributed by atoms with E-state index in [-0.39, 0.29) is 43.6 Å². The molecule has 1 amide bonds. The quantitative estimate of drug-likeness (QED) is 0.111. The molecular weight excluding hydrogens is 525 g/mol. The van der Waals surface area contributed by atoms with E-state index in [9.17, 15) is 43.4 Å². The number of unbranched alkanes of at least 4 members (excludes halogenated alkanes) is 1. The maximum atomic E-state index is 12.8. The number of halogens is 3. The third kappa shape index (κ3) is 11.6. The Kier molecular flexibility index (Phi) is 12.7. The first-order chi connectivity index (χ1) is 18.4. The molecule has 0 heterocycles. The summed E-state index contributed by atoms with van der Waals surface area (Å²) in [6.07, 6.45) is 0.711. The van der Waals surface area contributed by atoms with E-state index in [0.717, 1.165) is 12.1 Å². The predicted octanol–water partition coefficient (Wildman–Crippen LogP) is 3.19. The first-order valence-electron chi connectivity index (χ1n) is 12.6. The van der Waals surface area contributed by atoms with Crippen molar-refractivity contribution in [3.63, 3.8) is 0 Å². The van der Waals surface area contributed by atoms with E-state index >= 15 is 0 Å². The maximum absolute atomic E-state index is 12.8. The van der Waals surface area contributed by atoms with Gasteiger partial charge in [0.15, 0.2) is 0 Å². The summed E-state index contributed by atoms with van der Waals surface area (Å²) in [7, 11) is 0. The van der Waals surface area contributed by atoms with Crippen molar-refractivity contribution in [2.75, 3.05) is 13.2 Å². The van der Waals surface area contributed by atoms with Crippen molar-refractivity contribution in [2.24, 2.45) is 11.8 Å². The summed E-state index contributed by atoms with van der Waals surface area (Å²) in [4.78, 5) is 26.3. The Labute approximate surface area is 224 Å². The number of aliphatic hydroxyl groups excluding tert-OH is 3. The molecule has 1 fully saturated rings. The van der Waals surface area contributed by atoms with Gasteiger partial charge in [0.25, 0.3) is 5.09 Å². The first kappa shape index (κ1) is 32.1.